The van der Waals surface area contributed by atoms with Crippen LogP contribution in [0.3, 0.4) is 0 Å². The minimum Gasteiger partial charge on any atom is -0.497 e. The number of methoxy groups -OCH3 is 1. The smallest absolute Gasteiger partial charge is 0.243 e. The third-order valence-electron chi connectivity index (χ3n) is 4.13. The Morgan fingerprint density at radius 2 is 1.83 bits per heavy atom. The van der Waals surface area contributed by atoms with Gasteiger partial charge in [-0.2, -0.15) is 4.31 Å². The van der Waals surface area contributed by atoms with Crippen LogP contribution >= 0.6 is 0 Å². The molecule has 1 aliphatic rings. The van der Waals surface area contributed by atoms with Gasteiger partial charge in [-0.1, -0.05) is 18.2 Å². The molecule has 2 aromatic rings. The monoisotopic (exact) mass is 335 g/mol. The van der Waals surface area contributed by atoms with Gasteiger partial charge in [0.15, 0.2) is 0 Å². The maximum atomic E-state index is 14.1. The molecule has 0 saturated carbocycles. The molecule has 0 N–H and O–H groups in total. The first-order valence-electron chi connectivity index (χ1n) is 7.44. The van der Waals surface area contributed by atoms with E-state index in [0.29, 0.717) is 30.7 Å². The van der Waals surface area contributed by atoms with E-state index in [-0.39, 0.29) is 10.7 Å². The molecule has 1 saturated heterocycles. The van der Waals surface area contributed by atoms with Crippen molar-refractivity contribution in [1.29, 1.82) is 0 Å². The summed E-state index contributed by atoms with van der Waals surface area (Å²) in [6.07, 6.45) is 1.34. The van der Waals surface area contributed by atoms with Gasteiger partial charge in [0.25, 0.3) is 0 Å². The summed E-state index contributed by atoms with van der Waals surface area (Å²) in [5.74, 6) is 0.227. The number of benzene rings is 2. The van der Waals surface area contributed by atoms with Crippen molar-refractivity contribution in [3.63, 3.8) is 0 Å². The van der Waals surface area contributed by atoms with Gasteiger partial charge in [-0.05, 0) is 43.2 Å². The minimum atomic E-state index is -3.67. The predicted molar refractivity (Wildman–Crippen MR) is 85.3 cm³/mol. The second kappa shape index (κ2) is 6.29. The Labute approximate surface area is 135 Å². The molecule has 0 aliphatic carbocycles. The first kappa shape index (κ1) is 16.0. The van der Waals surface area contributed by atoms with E-state index in [1.165, 1.54) is 29.6 Å². The molecule has 1 fully saturated rings. The van der Waals surface area contributed by atoms with Gasteiger partial charge in [-0.15, -0.1) is 0 Å². The molecule has 122 valence electrons. The van der Waals surface area contributed by atoms with Crippen molar-refractivity contribution in [2.45, 2.75) is 23.8 Å². The Bertz CT molecular complexity index is 790. The van der Waals surface area contributed by atoms with E-state index in [0.717, 1.165) is 0 Å². The highest BCUT2D eigenvalue weighted by Crippen LogP contribution is 2.37. The van der Waals surface area contributed by atoms with Crippen molar-refractivity contribution in [3.05, 3.63) is 59.9 Å². The van der Waals surface area contributed by atoms with Crippen molar-refractivity contribution in [1.82, 2.24) is 4.31 Å². The maximum absolute atomic E-state index is 14.1. The SMILES string of the molecule is COc1ccc(S(=O)(=O)N2CCC[C@@H]2c2ccccc2F)cc1. The number of hydrogen-bond acceptors (Lipinski definition) is 3. The molecule has 0 aromatic heterocycles. The van der Waals surface area contributed by atoms with Gasteiger partial charge in [-0.3, -0.25) is 0 Å². The highest BCUT2D eigenvalue weighted by Gasteiger charge is 2.37. The normalized spacial score (nSPS) is 19.0. The molecular weight excluding hydrogens is 317 g/mol. The topological polar surface area (TPSA) is 46.6 Å². The third-order valence-corrected chi connectivity index (χ3v) is 6.06. The lowest BCUT2D eigenvalue weighted by Crippen LogP contribution is -2.31. The van der Waals surface area contributed by atoms with Crippen LogP contribution in [0.15, 0.2) is 53.4 Å². The van der Waals surface area contributed by atoms with Crippen molar-refractivity contribution >= 4 is 10.0 Å². The lowest BCUT2D eigenvalue weighted by atomic mass is 10.1. The van der Waals surface area contributed by atoms with Gasteiger partial charge in [0.1, 0.15) is 11.6 Å². The summed E-state index contributed by atoms with van der Waals surface area (Å²) in [6, 6.07) is 12.2. The molecule has 2 aromatic carbocycles. The average Bonchev–Trinajstić information content (AvgIpc) is 3.05. The van der Waals surface area contributed by atoms with E-state index < -0.39 is 16.1 Å². The molecular formula is C17H18FNO3S. The summed E-state index contributed by atoms with van der Waals surface area (Å²) in [4.78, 5) is 0.196. The van der Waals surface area contributed by atoms with Gasteiger partial charge in [0.05, 0.1) is 18.0 Å². The zero-order valence-corrected chi connectivity index (χ0v) is 13.6. The van der Waals surface area contributed by atoms with E-state index in [2.05, 4.69) is 0 Å². The Morgan fingerprint density at radius 1 is 1.13 bits per heavy atom. The number of halogens is 1. The second-order valence-electron chi connectivity index (χ2n) is 5.47. The number of rotatable bonds is 4. The van der Waals surface area contributed by atoms with Crippen LogP contribution in [0.25, 0.3) is 0 Å². The van der Waals surface area contributed by atoms with Crippen molar-refractivity contribution < 1.29 is 17.5 Å². The fraction of sp³-hybridized carbons (Fsp3) is 0.294. The Kier molecular flexibility index (Phi) is 4.37. The first-order valence-corrected chi connectivity index (χ1v) is 8.88. The van der Waals surface area contributed by atoms with Crippen molar-refractivity contribution in [2.24, 2.45) is 0 Å². The molecule has 6 heteroatoms. The Morgan fingerprint density at radius 3 is 2.48 bits per heavy atom. The molecule has 4 nitrogen and oxygen atoms in total. The van der Waals surface area contributed by atoms with Crippen LogP contribution < -0.4 is 4.74 Å². The van der Waals surface area contributed by atoms with Gasteiger partial charge in [0, 0.05) is 12.1 Å². The molecule has 23 heavy (non-hydrogen) atoms. The van der Waals surface area contributed by atoms with Crippen LogP contribution in [0, 0.1) is 5.82 Å². The van der Waals surface area contributed by atoms with Gasteiger partial charge < -0.3 is 4.74 Å². The summed E-state index contributed by atoms with van der Waals surface area (Å²) >= 11 is 0. The quantitative estimate of drug-likeness (QED) is 0.861. The predicted octanol–water partition coefficient (Wildman–Crippen LogP) is 3.36. The number of hydrogen-bond donors (Lipinski definition) is 0. The summed E-state index contributed by atoms with van der Waals surface area (Å²) < 4.78 is 46.3. The first-order chi connectivity index (χ1) is 11.0. The van der Waals surface area contributed by atoms with Crippen molar-refractivity contribution in [3.8, 4) is 5.75 Å². The Hall–Kier alpha value is -1.92. The van der Waals surface area contributed by atoms with Crippen LogP contribution in [-0.2, 0) is 10.0 Å². The third kappa shape index (κ3) is 2.96. The summed E-state index contributed by atoms with van der Waals surface area (Å²) in [6.45, 7) is 0.396. The standard InChI is InChI=1S/C17H18FNO3S/c1-22-13-8-10-14(11-9-13)23(20,21)19-12-4-7-17(19)15-5-2-3-6-16(15)18/h2-3,5-6,8-11,17H,4,7,12H2,1H3/t17-/m1/s1. The minimum absolute atomic E-state index is 0.196. The van der Waals surface area contributed by atoms with Gasteiger partial charge in [-0.25, -0.2) is 12.8 Å². The Balaban J connectivity index is 1.96. The van der Waals surface area contributed by atoms with E-state index in [4.69, 9.17) is 4.74 Å². The number of ether oxygens (including phenoxy) is 1. The highest BCUT2D eigenvalue weighted by molar-refractivity contribution is 7.89. The molecule has 3 rings (SSSR count). The van der Waals surface area contributed by atoms with Crippen LogP contribution in [0.4, 0.5) is 4.39 Å². The van der Waals surface area contributed by atoms with E-state index in [9.17, 15) is 12.8 Å². The molecule has 0 spiro atoms. The zero-order chi connectivity index (χ0) is 16.4. The van der Waals surface area contributed by atoms with Crippen LogP contribution in [0.1, 0.15) is 24.4 Å². The van der Waals surface area contributed by atoms with E-state index in [1.807, 2.05) is 0 Å². The lowest BCUT2D eigenvalue weighted by molar-refractivity contribution is 0.386. The average molecular weight is 335 g/mol. The van der Waals surface area contributed by atoms with E-state index >= 15 is 0 Å². The lowest BCUT2D eigenvalue weighted by Gasteiger charge is -2.24. The number of nitrogens with zero attached hydrogens (tertiary/aromatic N) is 1. The second-order valence-corrected chi connectivity index (χ2v) is 7.36. The molecule has 0 bridgehead atoms. The molecule has 1 heterocycles. The maximum Gasteiger partial charge on any atom is 0.243 e. The van der Waals surface area contributed by atoms with E-state index in [1.54, 1.807) is 30.3 Å². The fourth-order valence-electron chi connectivity index (χ4n) is 2.97. The molecule has 1 atom stereocenters. The molecule has 1 aliphatic heterocycles. The molecule has 0 radical (unpaired) electrons. The molecule has 0 unspecified atom stereocenters. The van der Waals surface area contributed by atoms with Crippen LogP contribution in [0.5, 0.6) is 5.75 Å². The van der Waals surface area contributed by atoms with Gasteiger partial charge in [0.2, 0.25) is 10.0 Å². The summed E-state index contributed by atoms with van der Waals surface area (Å²) in [7, 11) is -2.14. The summed E-state index contributed by atoms with van der Waals surface area (Å²) in [5.41, 5.74) is 0.432. The largest absolute Gasteiger partial charge is 0.497 e. The zero-order valence-electron chi connectivity index (χ0n) is 12.8. The number of sulfonamides is 1. The summed E-state index contributed by atoms with van der Waals surface area (Å²) in [5, 5.41) is 0. The van der Waals surface area contributed by atoms with Crippen LogP contribution in [-0.4, -0.2) is 26.4 Å². The molecule has 0 amide bonds. The fourth-order valence-corrected chi connectivity index (χ4v) is 4.64. The highest BCUT2D eigenvalue weighted by atomic mass is 32.2. The van der Waals surface area contributed by atoms with Crippen molar-refractivity contribution in [2.75, 3.05) is 13.7 Å². The van der Waals surface area contributed by atoms with Crippen LogP contribution in [0.2, 0.25) is 0 Å². The van der Waals surface area contributed by atoms with Gasteiger partial charge >= 0.3 is 0 Å².